The molecule has 1 heterocycles. The van der Waals surface area contributed by atoms with Crippen molar-refractivity contribution < 1.29 is 9.18 Å². The lowest BCUT2D eigenvalue weighted by Crippen LogP contribution is -2.30. The Kier molecular flexibility index (Phi) is 5.40. The summed E-state index contributed by atoms with van der Waals surface area (Å²) in [6.07, 6.45) is 0. The van der Waals surface area contributed by atoms with Crippen LogP contribution in [0.2, 0.25) is 0 Å². The van der Waals surface area contributed by atoms with Crippen molar-refractivity contribution >= 4 is 17.2 Å². The van der Waals surface area contributed by atoms with Crippen LogP contribution in [0.5, 0.6) is 0 Å². The van der Waals surface area contributed by atoms with Gasteiger partial charge in [-0.05, 0) is 42.3 Å². The van der Waals surface area contributed by atoms with Crippen molar-refractivity contribution in [2.45, 2.75) is 20.0 Å². The summed E-state index contributed by atoms with van der Waals surface area (Å²) in [6, 6.07) is 15.4. The maximum absolute atomic E-state index is 13.5. The molecular formula is C20H16FN3OS. The number of thiazole rings is 1. The Morgan fingerprint density at radius 3 is 2.54 bits per heavy atom. The maximum atomic E-state index is 13.5. The molecule has 0 aliphatic rings. The van der Waals surface area contributed by atoms with Crippen LogP contribution in [0.3, 0.4) is 0 Å². The Bertz CT molecular complexity index is 960. The number of carbonyl (C=O) groups is 1. The molecule has 0 unspecified atom stereocenters. The monoisotopic (exact) mass is 365 g/mol. The lowest BCUT2D eigenvalue weighted by atomic mass is 10.1. The quantitative estimate of drug-likeness (QED) is 0.677. The second-order valence-electron chi connectivity index (χ2n) is 5.87. The fourth-order valence-electron chi connectivity index (χ4n) is 2.61. The van der Waals surface area contributed by atoms with E-state index >= 15 is 0 Å². The zero-order valence-electron chi connectivity index (χ0n) is 14.1. The third-order valence-corrected chi connectivity index (χ3v) is 4.86. The predicted octanol–water partition coefficient (Wildman–Crippen LogP) is 4.30. The van der Waals surface area contributed by atoms with Crippen LogP contribution in [-0.2, 0) is 13.1 Å². The maximum Gasteiger partial charge on any atom is 0.266 e. The van der Waals surface area contributed by atoms with Gasteiger partial charge in [-0.2, -0.15) is 5.26 Å². The summed E-state index contributed by atoms with van der Waals surface area (Å²) in [5.41, 5.74) is 4.51. The van der Waals surface area contributed by atoms with E-state index in [2.05, 4.69) is 11.1 Å². The number of aryl methyl sites for hydroxylation is 1. The smallest absolute Gasteiger partial charge is 0.266 e. The van der Waals surface area contributed by atoms with Crippen molar-refractivity contribution in [3.63, 3.8) is 0 Å². The van der Waals surface area contributed by atoms with Gasteiger partial charge in [-0.1, -0.05) is 24.3 Å². The number of amides is 1. The minimum absolute atomic E-state index is 0.140. The molecule has 0 spiro atoms. The molecular weight excluding hydrogens is 349 g/mol. The van der Waals surface area contributed by atoms with Crippen molar-refractivity contribution in [3.05, 3.63) is 87.1 Å². The third kappa shape index (κ3) is 4.13. The summed E-state index contributed by atoms with van der Waals surface area (Å²) in [5.74, 6) is -0.471. The molecule has 1 aromatic heterocycles. The highest BCUT2D eigenvalue weighted by Gasteiger charge is 2.20. The van der Waals surface area contributed by atoms with Crippen molar-refractivity contribution in [1.29, 1.82) is 5.26 Å². The van der Waals surface area contributed by atoms with Crippen LogP contribution < -0.4 is 0 Å². The summed E-state index contributed by atoms with van der Waals surface area (Å²) in [7, 11) is 0. The van der Waals surface area contributed by atoms with Crippen LogP contribution in [0.1, 0.15) is 32.1 Å². The number of nitriles is 1. The van der Waals surface area contributed by atoms with E-state index in [1.165, 1.54) is 23.5 Å². The fraction of sp³-hybridized carbons (Fsp3) is 0.150. The second-order valence-corrected chi connectivity index (χ2v) is 6.72. The Morgan fingerprint density at radius 1 is 1.19 bits per heavy atom. The van der Waals surface area contributed by atoms with Gasteiger partial charge in [0.05, 0.1) is 22.8 Å². The van der Waals surface area contributed by atoms with E-state index in [0.717, 1.165) is 5.56 Å². The van der Waals surface area contributed by atoms with E-state index in [1.807, 2.05) is 12.1 Å². The van der Waals surface area contributed by atoms with E-state index in [-0.39, 0.29) is 18.3 Å². The first-order chi connectivity index (χ1) is 12.6. The van der Waals surface area contributed by atoms with Gasteiger partial charge in [-0.3, -0.25) is 4.79 Å². The van der Waals surface area contributed by atoms with Gasteiger partial charge in [0, 0.05) is 13.1 Å². The molecule has 0 N–H and O–H groups in total. The number of nitrogens with zero attached hydrogens (tertiary/aromatic N) is 3. The second kappa shape index (κ2) is 7.89. The number of aromatic nitrogens is 1. The standard InChI is InChI=1S/C20H16FN3OS/c1-14-19(26-13-23-14)20(25)24(12-17-3-2-4-18(21)9-17)11-16-7-5-15(10-22)6-8-16/h2-9,13H,11-12H2,1H3. The van der Waals surface area contributed by atoms with Crippen LogP contribution in [0, 0.1) is 24.1 Å². The molecule has 130 valence electrons. The van der Waals surface area contributed by atoms with E-state index < -0.39 is 0 Å². The van der Waals surface area contributed by atoms with Gasteiger partial charge in [-0.25, -0.2) is 9.37 Å². The number of hydrogen-bond acceptors (Lipinski definition) is 4. The van der Waals surface area contributed by atoms with Gasteiger partial charge in [0.1, 0.15) is 10.7 Å². The molecule has 0 saturated heterocycles. The minimum Gasteiger partial charge on any atom is -0.329 e. The molecule has 0 saturated carbocycles. The molecule has 0 bridgehead atoms. The zero-order chi connectivity index (χ0) is 18.5. The third-order valence-electron chi connectivity index (χ3n) is 3.95. The van der Waals surface area contributed by atoms with Crippen molar-refractivity contribution in [2.24, 2.45) is 0 Å². The van der Waals surface area contributed by atoms with E-state index in [1.54, 1.807) is 41.6 Å². The zero-order valence-corrected chi connectivity index (χ0v) is 15.0. The number of benzene rings is 2. The van der Waals surface area contributed by atoms with Crippen LogP contribution >= 0.6 is 11.3 Å². The lowest BCUT2D eigenvalue weighted by Gasteiger charge is -2.23. The van der Waals surface area contributed by atoms with Crippen LogP contribution in [0.25, 0.3) is 0 Å². The highest BCUT2D eigenvalue weighted by molar-refractivity contribution is 7.11. The lowest BCUT2D eigenvalue weighted by molar-refractivity contribution is 0.0734. The molecule has 0 atom stereocenters. The summed E-state index contributed by atoms with van der Waals surface area (Å²) in [6.45, 7) is 2.44. The normalized spacial score (nSPS) is 10.3. The summed E-state index contributed by atoms with van der Waals surface area (Å²) in [4.78, 5) is 19.4. The molecule has 6 heteroatoms. The average molecular weight is 365 g/mol. The molecule has 0 fully saturated rings. The fourth-order valence-corrected chi connectivity index (χ4v) is 3.38. The summed E-state index contributed by atoms with van der Waals surface area (Å²) >= 11 is 1.30. The van der Waals surface area contributed by atoms with Gasteiger partial charge in [0.25, 0.3) is 5.91 Å². The van der Waals surface area contributed by atoms with Gasteiger partial charge in [0.15, 0.2) is 0 Å². The Morgan fingerprint density at radius 2 is 1.92 bits per heavy atom. The van der Waals surface area contributed by atoms with E-state index in [4.69, 9.17) is 5.26 Å². The highest BCUT2D eigenvalue weighted by Crippen LogP contribution is 2.20. The van der Waals surface area contributed by atoms with Gasteiger partial charge >= 0.3 is 0 Å². The largest absolute Gasteiger partial charge is 0.329 e. The molecule has 0 aliphatic carbocycles. The highest BCUT2D eigenvalue weighted by atomic mass is 32.1. The summed E-state index contributed by atoms with van der Waals surface area (Å²) in [5, 5.41) is 8.92. The predicted molar refractivity (Wildman–Crippen MR) is 98.0 cm³/mol. The molecule has 3 rings (SSSR count). The molecule has 3 aromatic rings. The number of hydrogen-bond donors (Lipinski definition) is 0. The first-order valence-corrected chi connectivity index (χ1v) is 8.87. The number of halogens is 1. The average Bonchev–Trinajstić information content (AvgIpc) is 3.07. The molecule has 0 radical (unpaired) electrons. The Labute approximate surface area is 155 Å². The van der Waals surface area contributed by atoms with Crippen molar-refractivity contribution in [1.82, 2.24) is 9.88 Å². The number of rotatable bonds is 5. The van der Waals surface area contributed by atoms with Crippen molar-refractivity contribution in [2.75, 3.05) is 0 Å². The van der Waals surface area contributed by atoms with Gasteiger partial charge < -0.3 is 4.90 Å². The topological polar surface area (TPSA) is 57.0 Å². The van der Waals surface area contributed by atoms with Gasteiger partial charge in [0.2, 0.25) is 0 Å². The molecule has 4 nitrogen and oxygen atoms in total. The minimum atomic E-state index is -0.331. The van der Waals surface area contributed by atoms with Crippen LogP contribution in [-0.4, -0.2) is 15.8 Å². The SMILES string of the molecule is Cc1ncsc1C(=O)N(Cc1ccc(C#N)cc1)Cc1cccc(F)c1. The first kappa shape index (κ1) is 17.8. The number of carbonyl (C=O) groups excluding carboxylic acids is 1. The van der Waals surface area contributed by atoms with Crippen LogP contribution in [0.15, 0.2) is 54.0 Å². The molecule has 0 aliphatic heterocycles. The van der Waals surface area contributed by atoms with E-state index in [0.29, 0.717) is 28.2 Å². The Hall–Kier alpha value is -3.04. The van der Waals surface area contributed by atoms with Gasteiger partial charge in [-0.15, -0.1) is 11.3 Å². The molecule has 2 aromatic carbocycles. The molecule has 1 amide bonds. The molecule has 26 heavy (non-hydrogen) atoms. The Balaban J connectivity index is 1.88. The van der Waals surface area contributed by atoms with Crippen molar-refractivity contribution in [3.8, 4) is 6.07 Å². The van der Waals surface area contributed by atoms with Crippen LogP contribution in [0.4, 0.5) is 4.39 Å². The van der Waals surface area contributed by atoms with E-state index in [9.17, 15) is 9.18 Å². The summed E-state index contributed by atoms with van der Waals surface area (Å²) < 4.78 is 13.5. The first-order valence-electron chi connectivity index (χ1n) is 7.99.